The molecular formula is C18H18N4. The minimum atomic E-state index is 1.03. The van der Waals surface area contributed by atoms with Crippen LogP contribution in [0.25, 0.3) is 21.9 Å². The normalized spacial score (nSPS) is 15.2. The Labute approximate surface area is 129 Å². The lowest BCUT2D eigenvalue weighted by Gasteiger charge is -2.29. The zero-order chi connectivity index (χ0) is 14.8. The molecule has 1 aliphatic heterocycles. The van der Waals surface area contributed by atoms with Crippen LogP contribution < -0.4 is 10.2 Å². The number of benzene rings is 1. The van der Waals surface area contributed by atoms with Crippen LogP contribution in [0.1, 0.15) is 0 Å². The van der Waals surface area contributed by atoms with Gasteiger partial charge in [-0.15, -0.1) is 0 Å². The minimum absolute atomic E-state index is 1.03. The molecule has 1 N–H and O–H groups in total. The number of hydrogen-bond donors (Lipinski definition) is 1. The summed E-state index contributed by atoms with van der Waals surface area (Å²) < 4.78 is 0. The summed E-state index contributed by atoms with van der Waals surface area (Å²) in [6, 6.07) is 10.8. The molecule has 3 aromatic rings. The summed E-state index contributed by atoms with van der Waals surface area (Å²) in [7, 11) is 0. The lowest BCUT2D eigenvalue weighted by molar-refractivity contribution is 0.589. The summed E-state index contributed by atoms with van der Waals surface area (Å²) in [4.78, 5) is 11.0. The van der Waals surface area contributed by atoms with Gasteiger partial charge < -0.3 is 10.2 Å². The maximum atomic E-state index is 4.44. The molecule has 4 heteroatoms. The third-order valence-corrected chi connectivity index (χ3v) is 4.18. The summed E-state index contributed by atoms with van der Waals surface area (Å²) >= 11 is 0. The topological polar surface area (TPSA) is 41.1 Å². The number of fused-ring (bicyclic) bond motifs is 1. The van der Waals surface area contributed by atoms with Crippen molar-refractivity contribution >= 4 is 16.5 Å². The maximum absolute atomic E-state index is 4.44. The van der Waals surface area contributed by atoms with Crippen molar-refractivity contribution < 1.29 is 0 Å². The zero-order valence-electron chi connectivity index (χ0n) is 12.4. The summed E-state index contributed by atoms with van der Waals surface area (Å²) in [5.74, 6) is 0. The molecule has 0 bridgehead atoms. The molecule has 0 unspecified atom stereocenters. The van der Waals surface area contributed by atoms with Crippen molar-refractivity contribution in [2.75, 3.05) is 31.1 Å². The van der Waals surface area contributed by atoms with Gasteiger partial charge in [0, 0.05) is 55.7 Å². The molecule has 110 valence electrons. The van der Waals surface area contributed by atoms with E-state index in [4.69, 9.17) is 0 Å². The molecule has 2 aromatic heterocycles. The lowest BCUT2D eigenvalue weighted by Crippen LogP contribution is -2.43. The fourth-order valence-corrected chi connectivity index (χ4v) is 2.94. The highest BCUT2D eigenvalue weighted by Crippen LogP contribution is 2.26. The molecule has 4 rings (SSSR count). The van der Waals surface area contributed by atoms with E-state index in [0.29, 0.717) is 0 Å². The van der Waals surface area contributed by atoms with E-state index in [2.05, 4.69) is 44.5 Å². The van der Waals surface area contributed by atoms with Gasteiger partial charge in [0.2, 0.25) is 0 Å². The molecule has 4 nitrogen and oxygen atoms in total. The fourth-order valence-electron chi connectivity index (χ4n) is 2.94. The molecule has 0 atom stereocenters. The summed E-state index contributed by atoms with van der Waals surface area (Å²) in [5, 5.41) is 5.76. The summed E-state index contributed by atoms with van der Waals surface area (Å²) in [5.41, 5.74) is 3.56. The predicted molar refractivity (Wildman–Crippen MR) is 90.1 cm³/mol. The second-order valence-corrected chi connectivity index (χ2v) is 5.61. The van der Waals surface area contributed by atoms with Crippen molar-refractivity contribution in [1.29, 1.82) is 0 Å². The van der Waals surface area contributed by atoms with Gasteiger partial charge in [0.25, 0.3) is 0 Å². The highest BCUT2D eigenvalue weighted by Gasteiger charge is 2.11. The summed E-state index contributed by atoms with van der Waals surface area (Å²) in [6.07, 6.45) is 7.63. The fraction of sp³-hybridized carbons (Fsp3) is 0.222. The molecule has 0 amide bonds. The van der Waals surface area contributed by atoms with E-state index in [9.17, 15) is 0 Å². The maximum Gasteiger partial charge on any atom is 0.0559 e. The van der Waals surface area contributed by atoms with Gasteiger partial charge in [0.05, 0.1) is 11.9 Å². The van der Waals surface area contributed by atoms with E-state index in [0.717, 1.165) is 37.1 Å². The number of piperazine rings is 1. The molecule has 3 heterocycles. The SMILES string of the molecule is c1cc2cc(-c3cncc(N4CCNCC4)c3)ccc2cn1. The number of hydrogen-bond acceptors (Lipinski definition) is 4. The van der Waals surface area contributed by atoms with Gasteiger partial charge in [-0.3, -0.25) is 9.97 Å². The van der Waals surface area contributed by atoms with Gasteiger partial charge in [0.15, 0.2) is 0 Å². The van der Waals surface area contributed by atoms with Crippen LogP contribution in [0.4, 0.5) is 5.69 Å². The second kappa shape index (κ2) is 5.73. The Kier molecular flexibility index (Phi) is 3.45. The molecule has 22 heavy (non-hydrogen) atoms. The van der Waals surface area contributed by atoms with Crippen molar-refractivity contribution in [2.24, 2.45) is 0 Å². The third-order valence-electron chi connectivity index (χ3n) is 4.18. The molecule has 1 aliphatic rings. The summed E-state index contributed by atoms with van der Waals surface area (Å²) in [6.45, 7) is 4.14. The molecule has 0 spiro atoms. The van der Waals surface area contributed by atoms with E-state index in [1.54, 1.807) is 0 Å². The Morgan fingerprint density at radius 2 is 1.73 bits per heavy atom. The minimum Gasteiger partial charge on any atom is -0.368 e. The Morgan fingerprint density at radius 1 is 0.818 bits per heavy atom. The van der Waals surface area contributed by atoms with Crippen LogP contribution in [0, 0.1) is 0 Å². The largest absolute Gasteiger partial charge is 0.368 e. The zero-order valence-corrected chi connectivity index (χ0v) is 12.4. The number of pyridine rings is 2. The molecule has 1 fully saturated rings. The van der Waals surface area contributed by atoms with E-state index >= 15 is 0 Å². The van der Waals surface area contributed by atoms with Crippen molar-refractivity contribution in [3.8, 4) is 11.1 Å². The third kappa shape index (κ3) is 2.53. The lowest BCUT2D eigenvalue weighted by atomic mass is 10.0. The number of anilines is 1. The highest BCUT2D eigenvalue weighted by molar-refractivity contribution is 5.86. The molecule has 1 aromatic carbocycles. The van der Waals surface area contributed by atoms with Crippen LogP contribution in [0.15, 0.2) is 55.1 Å². The van der Waals surface area contributed by atoms with Crippen LogP contribution in [0.5, 0.6) is 0 Å². The van der Waals surface area contributed by atoms with Crippen LogP contribution in [0.3, 0.4) is 0 Å². The second-order valence-electron chi connectivity index (χ2n) is 5.61. The smallest absolute Gasteiger partial charge is 0.0559 e. The Bertz CT molecular complexity index is 794. The predicted octanol–water partition coefficient (Wildman–Crippen LogP) is 2.71. The first-order valence-electron chi connectivity index (χ1n) is 7.65. The first kappa shape index (κ1) is 13.2. The molecule has 0 radical (unpaired) electrons. The highest BCUT2D eigenvalue weighted by atomic mass is 15.2. The Morgan fingerprint density at radius 3 is 2.64 bits per heavy atom. The van der Waals surface area contributed by atoms with E-state index in [-0.39, 0.29) is 0 Å². The van der Waals surface area contributed by atoms with Crippen LogP contribution in [-0.4, -0.2) is 36.1 Å². The number of rotatable bonds is 2. The van der Waals surface area contributed by atoms with E-state index < -0.39 is 0 Å². The van der Waals surface area contributed by atoms with Gasteiger partial charge in [0.1, 0.15) is 0 Å². The van der Waals surface area contributed by atoms with Gasteiger partial charge in [-0.1, -0.05) is 12.1 Å². The van der Waals surface area contributed by atoms with Gasteiger partial charge in [-0.2, -0.15) is 0 Å². The van der Waals surface area contributed by atoms with Gasteiger partial charge >= 0.3 is 0 Å². The number of nitrogens with zero attached hydrogens (tertiary/aromatic N) is 3. The molecule has 0 saturated carbocycles. The van der Waals surface area contributed by atoms with Gasteiger partial charge in [-0.05, 0) is 29.1 Å². The van der Waals surface area contributed by atoms with E-state index in [1.165, 1.54) is 16.6 Å². The quantitative estimate of drug-likeness (QED) is 0.788. The average molecular weight is 290 g/mol. The first-order valence-corrected chi connectivity index (χ1v) is 7.65. The standard InChI is InChI=1S/C18H18N4/c1-2-16-11-20-4-3-15(16)9-14(1)17-10-18(13-21-12-17)22-7-5-19-6-8-22/h1-4,9-13,19H,5-8H2. The van der Waals surface area contributed by atoms with Crippen molar-refractivity contribution in [3.63, 3.8) is 0 Å². The Hall–Kier alpha value is -2.46. The van der Waals surface area contributed by atoms with Crippen molar-refractivity contribution in [1.82, 2.24) is 15.3 Å². The van der Waals surface area contributed by atoms with Crippen LogP contribution in [0.2, 0.25) is 0 Å². The number of nitrogens with one attached hydrogen (secondary N) is 1. The van der Waals surface area contributed by atoms with Crippen molar-refractivity contribution in [3.05, 3.63) is 55.1 Å². The average Bonchev–Trinajstić information content (AvgIpc) is 2.62. The molecule has 0 aliphatic carbocycles. The Balaban J connectivity index is 1.71. The van der Waals surface area contributed by atoms with Crippen molar-refractivity contribution in [2.45, 2.75) is 0 Å². The van der Waals surface area contributed by atoms with Crippen LogP contribution in [-0.2, 0) is 0 Å². The van der Waals surface area contributed by atoms with Gasteiger partial charge in [-0.25, -0.2) is 0 Å². The monoisotopic (exact) mass is 290 g/mol. The molecule has 1 saturated heterocycles. The van der Waals surface area contributed by atoms with E-state index in [1.807, 2.05) is 30.9 Å². The van der Waals surface area contributed by atoms with Crippen LogP contribution >= 0.6 is 0 Å². The first-order chi connectivity index (χ1) is 10.9. The number of aromatic nitrogens is 2. The molecular weight excluding hydrogens is 272 g/mol.